The molecule has 1 heterocycles. The van der Waals surface area contributed by atoms with Crippen molar-refractivity contribution in [2.45, 2.75) is 33.1 Å². The predicted molar refractivity (Wildman–Crippen MR) is 50.0 cm³/mol. The Hall–Kier alpha value is -0.180. The van der Waals surface area contributed by atoms with E-state index in [1.54, 1.807) is 0 Å². The van der Waals surface area contributed by atoms with Crippen molar-refractivity contribution in [2.24, 2.45) is 11.8 Å². The molecule has 78 valence electrons. The van der Waals surface area contributed by atoms with E-state index in [1.165, 1.54) is 0 Å². The summed E-state index contributed by atoms with van der Waals surface area (Å²) in [4.78, 5) is 1.83. The van der Waals surface area contributed by atoms with Gasteiger partial charge in [0.25, 0.3) is 5.92 Å². The largest absolute Gasteiger partial charge is 0.298 e. The molecule has 0 saturated carbocycles. The molecule has 0 radical (unpaired) electrons. The Morgan fingerprint density at radius 1 is 1.46 bits per heavy atom. The lowest BCUT2D eigenvalue weighted by molar-refractivity contribution is -0.124. The number of halogens is 2. The van der Waals surface area contributed by atoms with Gasteiger partial charge in [0.1, 0.15) is 0 Å². The van der Waals surface area contributed by atoms with Crippen LogP contribution in [0.5, 0.6) is 0 Å². The van der Waals surface area contributed by atoms with E-state index in [2.05, 4.69) is 0 Å². The first-order chi connectivity index (χ1) is 5.97. The fourth-order valence-corrected chi connectivity index (χ4v) is 2.12. The second-order valence-corrected chi connectivity index (χ2v) is 4.27. The van der Waals surface area contributed by atoms with Gasteiger partial charge in [-0.1, -0.05) is 20.8 Å². The van der Waals surface area contributed by atoms with Gasteiger partial charge in [-0.2, -0.15) is 0 Å². The molecule has 3 heteroatoms. The van der Waals surface area contributed by atoms with Crippen molar-refractivity contribution in [3.05, 3.63) is 0 Å². The Bertz CT molecular complexity index is 168. The topological polar surface area (TPSA) is 3.24 Å². The second-order valence-electron chi connectivity index (χ2n) is 4.27. The quantitative estimate of drug-likeness (QED) is 0.648. The first-order valence-electron chi connectivity index (χ1n) is 5.07. The molecule has 0 N–H and O–H groups in total. The molecular formula is C10H19F2N. The van der Waals surface area contributed by atoms with E-state index in [4.69, 9.17) is 0 Å². The maximum absolute atomic E-state index is 13.5. The monoisotopic (exact) mass is 191 g/mol. The van der Waals surface area contributed by atoms with Crippen LogP contribution >= 0.6 is 0 Å². The lowest BCUT2D eigenvalue weighted by atomic mass is 9.83. The molecule has 0 aromatic heterocycles. The average Bonchev–Trinajstić information content (AvgIpc) is 2.01. The smallest absolute Gasteiger partial charge is 0.263 e. The van der Waals surface area contributed by atoms with Gasteiger partial charge < -0.3 is 0 Å². The molecule has 1 unspecified atom stereocenters. The van der Waals surface area contributed by atoms with Crippen LogP contribution in [0.4, 0.5) is 8.78 Å². The Kier molecular flexibility index (Phi) is 3.28. The van der Waals surface area contributed by atoms with Gasteiger partial charge in [0, 0.05) is 5.92 Å². The van der Waals surface area contributed by atoms with Crippen molar-refractivity contribution >= 4 is 0 Å². The van der Waals surface area contributed by atoms with Crippen molar-refractivity contribution in [1.29, 1.82) is 0 Å². The summed E-state index contributed by atoms with van der Waals surface area (Å²) < 4.78 is 27.0. The van der Waals surface area contributed by atoms with Gasteiger partial charge in [0.2, 0.25) is 0 Å². The Balaban J connectivity index is 2.62. The summed E-state index contributed by atoms with van der Waals surface area (Å²) in [7, 11) is 0. The molecule has 1 saturated heterocycles. The van der Waals surface area contributed by atoms with Gasteiger partial charge in [-0.25, -0.2) is 8.78 Å². The molecule has 1 nitrogen and oxygen atoms in total. The molecular weight excluding hydrogens is 172 g/mol. The first kappa shape index (κ1) is 10.9. The molecule has 1 atom stereocenters. The molecule has 0 bridgehead atoms. The number of piperidine rings is 1. The minimum Gasteiger partial charge on any atom is -0.298 e. The summed E-state index contributed by atoms with van der Waals surface area (Å²) >= 11 is 0. The summed E-state index contributed by atoms with van der Waals surface area (Å²) in [5.74, 6) is -2.81. The summed E-state index contributed by atoms with van der Waals surface area (Å²) in [6.45, 7) is 7.23. The molecule has 1 rings (SSSR count). The standard InChI is InChI=1S/C10H19F2N/c1-4-13-6-5-9(8(2)3)10(11,12)7-13/h8-9H,4-7H2,1-3H3. The summed E-state index contributed by atoms with van der Waals surface area (Å²) in [6, 6.07) is 0. The van der Waals surface area contributed by atoms with Crippen molar-refractivity contribution in [3.63, 3.8) is 0 Å². The lowest BCUT2D eigenvalue weighted by Gasteiger charge is -2.39. The van der Waals surface area contributed by atoms with Crippen LogP contribution in [0.25, 0.3) is 0 Å². The Morgan fingerprint density at radius 2 is 2.08 bits per heavy atom. The highest BCUT2D eigenvalue weighted by Crippen LogP contribution is 2.37. The van der Waals surface area contributed by atoms with Gasteiger partial charge in [-0.15, -0.1) is 0 Å². The van der Waals surface area contributed by atoms with Crippen molar-refractivity contribution in [2.75, 3.05) is 19.6 Å². The number of hydrogen-bond donors (Lipinski definition) is 0. The molecule has 0 aromatic rings. The zero-order valence-corrected chi connectivity index (χ0v) is 8.69. The average molecular weight is 191 g/mol. The normalized spacial score (nSPS) is 29.5. The van der Waals surface area contributed by atoms with E-state index >= 15 is 0 Å². The zero-order valence-electron chi connectivity index (χ0n) is 8.69. The third-order valence-corrected chi connectivity index (χ3v) is 2.99. The summed E-state index contributed by atoms with van der Waals surface area (Å²) in [5, 5.41) is 0. The van der Waals surface area contributed by atoms with Gasteiger partial charge in [0.15, 0.2) is 0 Å². The van der Waals surface area contributed by atoms with Crippen LogP contribution in [0.1, 0.15) is 27.2 Å². The van der Waals surface area contributed by atoms with E-state index in [1.807, 2.05) is 25.7 Å². The van der Waals surface area contributed by atoms with Gasteiger partial charge in [-0.3, -0.25) is 4.90 Å². The van der Waals surface area contributed by atoms with Crippen LogP contribution < -0.4 is 0 Å². The highest BCUT2D eigenvalue weighted by Gasteiger charge is 2.45. The molecule has 1 aliphatic heterocycles. The molecule has 13 heavy (non-hydrogen) atoms. The number of alkyl halides is 2. The van der Waals surface area contributed by atoms with E-state index in [0.717, 1.165) is 13.1 Å². The first-order valence-corrected chi connectivity index (χ1v) is 5.07. The minimum atomic E-state index is -2.48. The second kappa shape index (κ2) is 3.91. The Morgan fingerprint density at radius 3 is 2.46 bits per heavy atom. The third kappa shape index (κ3) is 2.39. The fourth-order valence-electron chi connectivity index (χ4n) is 2.12. The molecule has 0 amide bonds. The SMILES string of the molecule is CCN1CCC(C(C)C)C(F)(F)C1. The number of nitrogens with zero attached hydrogens (tertiary/aromatic N) is 1. The minimum absolute atomic E-state index is 0.0493. The van der Waals surface area contributed by atoms with E-state index < -0.39 is 11.8 Å². The van der Waals surface area contributed by atoms with Crippen LogP contribution in [-0.2, 0) is 0 Å². The summed E-state index contributed by atoms with van der Waals surface area (Å²) in [6.07, 6.45) is 0.637. The van der Waals surface area contributed by atoms with Crippen LogP contribution in [0.3, 0.4) is 0 Å². The van der Waals surface area contributed by atoms with Crippen molar-refractivity contribution in [1.82, 2.24) is 4.90 Å². The number of likely N-dealkylation sites (tertiary alicyclic amines) is 1. The van der Waals surface area contributed by atoms with Crippen molar-refractivity contribution < 1.29 is 8.78 Å². The van der Waals surface area contributed by atoms with Crippen LogP contribution in [0, 0.1) is 11.8 Å². The molecule has 1 fully saturated rings. The lowest BCUT2D eigenvalue weighted by Crippen LogP contribution is -2.49. The Labute approximate surface area is 79.1 Å². The number of hydrogen-bond acceptors (Lipinski definition) is 1. The maximum atomic E-state index is 13.5. The van der Waals surface area contributed by atoms with Gasteiger partial charge in [-0.05, 0) is 25.4 Å². The van der Waals surface area contributed by atoms with Crippen LogP contribution in [-0.4, -0.2) is 30.5 Å². The van der Waals surface area contributed by atoms with Gasteiger partial charge in [0.05, 0.1) is 6.54 Å². The fraction of sp³-hybridized carbons (Fsp3) is 1.00. The zero-order chi connectivity index (χ0) is 10.1. The van der Waals surface area contributed by atoms with E-state index in [0.29, 0.717) is 6.42 Å². The predicted octanol–water partition coefficient (Wildman–Crippen LogP) is 2.62. The van der Waals surface area contributed by atoms with Gasteiger partial charge >= 0.3 is 0 Å². The third-order valence-electron chi connectivity index (χ3n) is 2.99. The van der Waals surface area contributed by atoms with E-state index in [9.17, 15) is 8.78 Å². The highest BCUT2D eigenvalue weighted by molar-refractivity contribution is 4.87. The van der Waals surface area contributed by atoms with Crippen molar-refractivity contribution in [3.8, 4) is 0 Å². The number of rotatable bonds is 2. The summed E-state index contributed by atoms with van der Waals surface area (Å²) in [5.41, 5.74) is 0. The van der Waals surface area contributed by atoms with Crippen LogP contribution in [0.15, 0.2) is 0 Å². The molecule has 0 spiro atoms. The highest BCUT2D eigenvalue weighted by atomic mass is 19.3. The van der Waals surface area contributed by atoms with E-state index in [-0.39, 0.29) is 12.5 Å². The molecule has 0 aliphatic carbocycles. The maximum Gasteiger partial charge on any atom is 0.263 e. The molecule has 0 aromatic carbocycles. The van der Waals surface area contributed by atoms with Crippen LogP contribution in [0.2, 0.25) is 0 Å². The molecule has 1 aliphatic rings.